The fourth-order valence-electron chi connectivity index (χ4n) is 2.86. The van der Waals surface area contributed by atoms with Gasteiger partial charge in [-0.25, -0.2) is 9.37 Å². The summed E-state index contributed by atoms with van der Waals surface area (Å²) in [4.78, 5) is 26.9. The predicted octanol–water partition coefficient (Wildman–Crippen LogP) is 4.20. The molecule has 0 spiro atoms. The van der Waals surface area contributed by atoms with E-state index in [2.05, 4.69) is 4.98 Å². The number of carbonyl (C=O) groups is 1. The quantitative estimate of drug-likeness (QED) is 0.220. The monoisotopic (exact) mass is 391 g/mol. The number of ether oxygens (including phenoxy) is 1. The number of nitro groups is 1. The molecule has 2 aromatic carbocycles. The summed E-state index contributed by atoms with van der Waals surface area (Å²) in [5, 5.41) is 10.9. The van der Waals surface area contributed by atoms with E-state index >= 15 is 0 Å². The molecule has 0 atom stereocenters. The van der Waals surface area contributed by atoms with E-state index in [1.807, 2.05) is 0 Å². The van der Waals surface area contributed by atoms with Crippen LogP contribution in [0.1, 0.15) is 5.56 Å². The van der Waals surface area contributed by atoms with Gasteiger partial charge in [-0.3, -0.25) is 19.3 Å². The second-order valence-corrected chi connectivity index (χ2v) is 6.34. The number of carbonyl (C=O) groups excluding carboxylic acids is 1. The molecule has 0 amide bonds. The standard InChI is InChI=1S/C21H14FN3O4/c22-16-5-1-14(2-6-16)11-21(26)29-18-8-3-15(4-9-18)19-13-24-12-17(25(27)28)7-10-20(24)23-19/h1-10,12-13H,11H2. The van der Waals surface area contributed by atoms with Crippen LogP contribution in [0.5, 0.6) is 5.75 Å². The summed E-state index contributed by atoms with van der Waals surface area (Å²) in [5.74, 6) is -0.441. The third kappa shape index (κ3) is 4.11. The Balaban J connectivity index is 1.47. The van der Waals surface area contributed by atoms with Gasteiger partial charge in [0.15, 0.2) is 0 Å². The molecule has 8 heteroatoms. The molecule has 0 unspecified atom stereocenters. The lowest BCUT2D eigenvalue weighted by molar-refractivity contribution is -0.385. The summed E-state index contributed by atoms with van der Waals surface area (Å²) in [6.45, 7) is 0. The molecule has 4 rings (SSSR count). The van der Waals surface area contributed by atoms with Crippen LogP contribution in [-0.4, -0.2) is 20.3 Å². The first-order valence-electron chi connectivity index (χ1n) is 8.67. The summed E-state index contributed by atoms with van der Waals surface area (Å²) in [7, 11) is 0. The first-order chi connectivity index (χ1) is 14.0. The van der Waals surface area contributed by atoms with Crippen LogP contribution in [0.2, 0.25) is 0 Å². The van der Waals surface area contributed by atoms with Gasteiger partial charge in [-0.15, -0.1) is 0 Å². The van der Waals surface area contributed by atoms with Crippen LogP contribution in [0.3, 0.4) is 0 Å². The number of fused-ring (bicyclic) bond motifs is 1. The molecule has 0 aliphatic carbocycles. The van der Waals surface area contributed by atoms with Gasteiger partial charge >= 0.3 is 5.97 Å². The number of hydrogen-bond donors (Lipinski definition) is 0. The number of halogens is 1. The maximum atomic E-state index is 12.9. The van der Waals surface area contributed by atoms with Gasteiger partial charge in [0, 0.05) is 17.8 Å². The van der Waals surface area contributed by atoms with Crippen molar-refractivity contribution >= 4 is 17.3 Å². The van der Waals surface area contributed by atoms with E-state index < -0.39 is 10.9 Å². The Bertz CT molecular complexity index is 1200. The number of benzene rings is 2. The Morgan fingerprint density at radius 2 is 1.76 bits per heavy atom. The highest BCUT2D eigenvalue weighted by Crippen LogP contribution is 2.24. The molecule has 29 heavy (non-hydrogen) atoms. The number of esters is 1. The van der Waals surface area contributed by atoms with Gasteiger partial charge in [-0.2, -0.15) is 0 Å². The van der Waals surface area contributed by atoms with Gasteiger partial charge in [0.05, 0.1) is 23.2 Å². The van der Waals surface area contributed by atoms with E-state index in [0.717, 1.165) is 5.56 Å². The predicted molar refractivity (Wildman–Crippen MR) is 103 cm³/mol. The molecule has 0 fully saturated rings. The fourth-order valence-corrected chi connectivity index (χ4v) is 2.86. The largest absolute Gasteiger partial charge is 0.426 e. The second-order valence-electron chi connectivity index (χ2n) is 6.34. The minimum Gasteiger partial charge on any atom is -0.426 e. The van der Waals surface area contributed by atoms with E-state index in [-0.39, 0.29) is 17.9 Å². The van der Waals surface area contributed by atoms with Gasteiger partial charge in [-0.1, -0.05) is 12.1 Å². The normalized spacial score (nSPS) is 10.8. The molecule has 4 aromatic rings. The topological polar surface area (TPSA) is 86.7 Å². The van der Waals surface area contributed by atoms with Crippen LogP contribution in [0.4, 0.5) is 10.1 Å². The molecule has 0 saturated carbocycles. The second kappa shape index (κ2) is 7.51. The minimum absolute atomic E-state index is 0.0233. The van der Waals surface area contributed by atoms with Crippen LogP contribution < -0.4 is 4.74 Å². The first kappa shape index (κ1) is 18.3. The van der Waals surface area contributed by atoms with Crippen LogP contribution in [0.15, 0.2) is 73.1 Å². The summed E-state index contributed by atoms with van der Waals surface area (Å²) in [6, 6.07) is 15.4. The van der Waals surface area contributed by atoms with Crippen LogP contribution >= 0.6 is 0 Å². The van der Waals surface area contributed by atoms with E-state index in [0.29, 0.717) is 22.7 Å². The van der Waals surface area contributed by atoms with Gasteiger partial charge < -0.3 is 4.74 Å². The summed E-state index contributed by atoms with van der Waals surface area (Å²) >= 11 is 0. The Labute approximate surface area is 164 Å². The van der Waals surface area contributed by atoms with Crippen molar-refractivity contribution in [3.63, 3.8) is 0 Å². The number of aromatic nitrogens is 2. The maximum Gasteiger partial charge on any atom is 0.315 e. The smallest absolute Gasteiger partial charge is 0.315 e. The van der Waals surface area contributed by atoms with Crippen molar-refractivity contribution in [3.05, 3.63) is 94.6 Å². The number of rotatable bonds is 5. The van der Waals surface area contributed by atoms with Crippen LogP contribution in [-0.2, 0) is 11.2 Å². The summed E-state index contributed by atoms with van der Waals surface area (Å²) in [6.07, 6.45) is 3.13. The van der Waals surface area contributed by atoms with Gasteiger partial charge in [-0.05, 0) is 48.0 Å². The zero-order valence-corrected chi connectivity index (χ0v) is 15.0. The van der Waals surface area contributed by atoms with Crippen LogP contribution in [0, 0.1) is 15.9 Å². The highest BCUT2D eigenvalue weighted by Gasteiger charge is 2.11. The molecule has 2 aromatic heterocycles. The number of nitrogens with zero attached hydrogens (tertiary/aromatic N) is 3. The molecular weight excluding hydrogens is 377 g/mol. The van der Waals surface area contributed by atoms with Crippen molar-refractivity contribution in [2.75, 3.05) is 0 Å². The Morgan fingerprint density at radius 1 is 1.03 bits per heavy atom. The van der Waals surface area contributed by atoms with E-state index in [9.17, 15) is 19.3 Å². The van der Waals surface area contributed by atoms with Crippen molar-refractivity contribution in [1.29, 1.82) is 0 Å². The van der Waals surface area contributed by atoms with Crippen molar-refractivity contribution in [2.24, 2.45) is 0 Å². The number of imidazole rings is 1. The van der Waals surface area contributed by atoms with E-state index in [1.54, 1.807) is 40.9 Å². The van der Waals surface area contributed by atoms with E-state index in [1.165, 1.54) is 36.5 Å². The van der Waals surface area contributed by atoms with Crippen molar-refractivity contribution < 1.29 is 18.8 Å². The Hall–Kier alpha value is -4.07. The summed E-state index contributed by atoms with van der Waals surface area (Å²) < 4.78 is 19.8. The third-order valence-corrected chi connectivity index (χ3v) is 4.29. The Kier molecular flexibility index (Phi) is 4.74. The lowest BCUT2D eigenvalue weighted by Crippen LogP contribution is -2.11. The minimum atomic E-state index is -0.464. The molecule has 144 valence electrons. The molecule has 2 heterocycles. The maximum absolute atomic E-state index is 12.9. The van der Waals surface area contributed by atoms with Gasteiger partial charge in [0.2, 0.25) is 0 Å². The summed E-state index contributed by atoms with van der Waals surface area (Å²) in [5.41, 5.74) is 2.63. The molecule has 0 bridgehead atoms. The average Bonchev–Trinajstić information content (AvgIpc) is 3.13. The number of pyridine rings is 1. The lowest BCUT2D eigenvalue weighted by atomic mass is 10.1. The fraction of sp³-hybridized carbons (Fsp3) is 0.0476. The zero-order chi connectivity index (χ0) is 20.4. The van der Waals surface area contributed by atoms with Gasteiger partial charge in [0.25, 0.3) is 5.69 Å². The molecule has 0 radical (unpaired) electrons. The van der Waals surface area contributed by atoms with Crippen molar-refractivity contribution in [2.45, 2.75) is 6.42 Å². The average molecular weight is 391 g/mol. The highest BCUT2D eigenvalue weighted by atomic mass is 19.1. The first-order valence-corrected chi connectivity index (χ1v) is 8.67. The molecule has 0 saturated heterocycles. The molecule has 0 N–H and O–H groups in total. The molecule has 0 aliphatic rings. The highest BCUT2D eigenvalue weighted by molar-refractivity contribution is 5.75. The van der Waals surface area contributed by atoms with E-state index in [4.69, 9.17) is 4.74 Å². The SMILES string of the molecule is O=C(Cc1ccc(F)cc1)Oc1ccc(-c2cn3cc([N+](=O)[O-])ccc3n2)cc1. The molecule has 7 nitrogen and oxygen atoms in total. The molecular formula is C21H14FN3O4. The lowest BCUT2D eigenvalue weighted by Gasteiger charge is -2.05. The zero-order valence-electron chi connectivity index (χ0n) is 15.0. The third-order valence-electron chi connectivity index (χ3n) is 4.29. The van der Waals surface area contributed by atoms with Crippen LogP contribution in [0.25, 0.3) is 16.9 Å². The van der Waals surface area contributed by atoms with Crippen molar-refractivity contribution in [3.8, 4) is 17.0 Å². The molecule has 0 aliphatic heterocycles. The van der Waals surface area contributed by atoms with Crippen molar-refractivity contribution in [1.82, 2.24) is 9.38 Å². The van der Waals surface area contributed by atoms with Gasteiger partial charge in [0.1, 0.15) is 17.2 Å². The number of hydrogen-bond acceptors (Lipinski definition) is 5. The Morgan fingerprint density at radius 3 is 2.45 bits per heavy atom.